The van der Waals surface area contributed by atoms with Gasteiger partial charge in [0.1, 0.15) is 5.69 Å². The van der Waals surface area contributed by atoms with Crippen LogP contribution >= 0.6 is 11.6 Å². The minimum absolute atomic E-state index is 0.228. The van der Waals surface area contributed by atoms with Gasteiger partial charge in [0.2, 0.25) is 0 Å². The van der Waals surface area contributed by atoms with Crippen molar-refractivity contribution in [2.24, 2.45) is 0 Å². The zero-order valence-corrected chi connectivity index (χ0v) is 14.6. The van der Waals surface area contributed by atoms with Gasteiger partial charge in [0, 0.05) is 30.2 Å². The lowest BCUT2D eigenvalue weighted by Gasteiger charge is -2.29. The van der Waals surface area contributed by atoms with Crippen molar-refractivity contribution in [3.8, 4) is 0 Å². The molecular weight excluding hydrogens is 344 g/mol. The van der Waals surface area contributed by atoms with E-state index in [2.05, 4.69) is 10.4 Å². The van der Waals surface area contributed by atoms with Crippen molar-refractivity contribution < 1.29 is 9.53 Å². The Morgan fingerprint density at radius 3 is 2.80 bits per heavy atom. The highest BCUT2D eigenvalue weighted by molar-refractivity contribution is 6.31. The standard InChI is InChI=1S/C17H19ClN4O3/c1-2-22-17(24)15(21-6-8-25-9-7-21)14(11-19-22)20-16(23)12-4-3-5-13(18)10-12/h3-5,10-11H,2,6-9H2,1H3,(H,20,23). The second kappa shape index (κ2) is 7.67. The summed E-state index contributed by atoms with van der Waals surface area (Å²) in [6, 6.07) is 6.64. The van der Waals surface area contributed by atoms with E-state index in [0.29, 0.717) is 54.8 Å². The monoisotopic (exact) mass is 362 g/mol. The van der Waals surface area contributed by atoms with Crippen molar-refractivity contribution in [3.05, 3.63) is 51.4 Å². The SMILES string of the molecule is CCn1ncc(NC(=O)c2cccc(Cl)c2)c(N2CCOCC2)c1=O. The quantitative estimate of drug-likeness (QED) is 0.900. The molecule has 1 aliphatic heterocycles. The number of carbonyl (C=O) groups excluding carboxylic acids is 1. The number of morpholine rings is 1. The van der Waals surface area contributed by atoms with Crippen LogP contribution in [0, 0.1) is 0 Å². The Labute approximate surface area is 150 Å². The molecule has 7 nitrogen and oxygen atoms in total. The Morgan fingerprint density at radius 1 is 1.36 bits per heavy atom. The average Bonchev–Trinajstić information content (AvgIpc) is 2.63. The number of halogens is 1. The van der Waals surface area contributed by atoms with E-state index in [1.807, 2.05) is 11.8 Å². The van der Waals surface area contributed by atoms with Gasteiger partial charge in [-0.3, -0.25) is 9.59 Å². The van der Waals surface area contributed by atoms with Crippen LogP contribution in [0.5, 0.6) is 0 Å². The van der Waals surface area contributed by atoms with Crippen molar-refractivity contribution in [2.75, 3.05) is 36.5 Å². The van der Waals surface area contributed by atoms with Gasteiger partial charge in [-0.15, -0.1) is 0 Å². The van der Waals surface area contributed by atoms with Crippen molar-refractivity contribution in [3.63, 3.8) is 0 Å². The summed E-state index contributed by atoms with van der Waals surface area (Å²) in [5.41, 5.74) is 1.02. The van der Waals surface area contributed by atoms with E-state index >= 15 is 0 Å². The number of carbonyl (C=O) groups is 1. The summed E-state index contributed by atoms with van der Waals surface area (Å²) in [7, 11) is 0. The molecule has 25 heavy (non-hydrogen) atoms. The molecule has 3 rings (SSSR count). The topological polar surface area (TPSA) is 76.5 Å². The molecule has 132 valence electrons. The molecule has 1 fully saturated rings. The van der Waals surface area contributed by atoms with Crippen LogP contribution in [-0.2, 0) is 11.3 Å². The van der Waals surface area contributed by atoms with Crippen LogP contribution in [0.15, 0.2) is 35.3 Å². The molecule has 0 atom stereocenters. The molecule has 1 aliphatic rings. The fraction of sp³-hybridized carbons (Fsp3) is 0.353. The maximum absolute atomic E-state index is 12.7. The second-order valence-electron chi connectivity index (χ2n) is 5.59. The maximum atomic E-state index is 12.7. The first-order valence-electron chi connectivity index (χ1n) is 8.10. The fourth-order valence-electron chi connectivity index (χ4n) is 2.71. The summed E-state index contributed by atoms with van der Waals surface area (Å²) >= 11 is 5.94. The van der Waals surface area contributed by atoms with E-state index in [1.165, 1.54) is 10.9 Å². The molecule has 2 aromatic rings. The van der Waals surface area contributed by atoms with Gasteiger partial charge >= 0.3 is 0 Å². The molecular formula is C17H19ClN4O3. The van der Waals surface area contributed by atoms with Gasteiger partial charge in [0.05, 0.1) is 25.1 Å². The zero-order chi connectivity index (χ0) is 17.8. The fourth-order valence-corrected chi connectivity index (χ4v) is 2.90. The number of nitrogens with zero attached hydrogens (tertiary/aromatic N) is 3. The third-order valence-corrected chi connectivity index (χ3v) is 4.22. The zero-order valence-electron chi connectivity index (χ0n) is 13.9. The molecule has 1 aromatic carbocycles. The first-order valence-corrected chi connectivity index (χ1v) is 8.47. The van der Waals surface area contributed by atoms with Gasteiger partial charge in [0.15, 0.2) is 0 Å². The first kappa shape index (κ1) is 17.4. The van der Waals surface area contributed by atoms with Gasteiger partial charge in [-0.05, 0) is 25.1 Å². The lowest BCUT2D eigenvalue weighted by Crippen LogP contribution is -2.41. The van der Waals surface area contributed by atoms with Gasteiger partial charge in [0.25, 0.3) is 11.5 Å². The highest BCUT2D eigenvalue weighted by atomic mass is 35.5. The molecule has 1 N–H and O–H groups in total. The Balaban J connectivity index is 1.96. The van der Waals surface area contributed by atoms with E-state index in [4.69, 9.17) is 16.3 Å². The molecule has 0 aliphatic carbocycles. The third-order valence-electron chi connectivity index (χ3n) is 3.98. The Hall–Kier alpha value is -2.38. The number of ether oxygens (including phenoxy) is 1. The molecule has 0 bridgehead atoms. The van der Waals surface area contributed by atoms with Gasteiger partial charge in [-0.25, -0.2) is 4.68 Å². The number of anilines is 2. The summed E-state index contributed by atoms with van der Waals surface area (Å²) in [6.07, 6.45) is 1.51. The van der Waals surface area contributed by atoms with Crippen molar-refractivity contribution >= 4 is 28.9 Å². The van der Waals surface area contributed by atoms with E-state index < -0.39 is 0 Å². The van der Waals surface area contributed by atoms with E-state index in [1.54, 1.807) is 24.3 Å². The average molecular weight is 363 g/mol. The number of hydrogen-bond acceptors (Lipinski definition) is 5. The molecule has 0 spiro atoms. The molecule has 8 heteroatoms. The number of benzene rings is 1. The highest BCUT2D eigenvalue weighted by Crippen LogP contribution is 2.22. The lowest BCUT2D eigenvalue weighted by molar-refractivity contribution is 0.102. The van der Waals surface area contributed by atoms with Gasteiger partial charge in [-0.1, -0.05) is 17.7 Å². The van der Waals surface area contributed by atoms with E-state index in [-0.39, 0.29) is 11.5 Å². The summed E-state index contributed by atoms with van der Waals surface area (Å²) in [5.74, 6) is -0.340. The molecule has 1 amide bonds. The Kier molecular flexibility index (Phi) is 5.35. The largest absolute Gasteiger partial charge is 0.378 e. The molecule has 1 aromatic heterocycles. The normalized spacial score (nSPS) is 14.4. The second-order valence-corrected chi connectivity index (χ2v) is 6.03. The predicted octanol–water partition coefficient (Wildman–Crippen LogP) is 2.01. The Morgan fingerprint density at radius 2 is 2.12 bits per heavy atom. The van der Waals surface area contributed by atoms with E-state index in [0.717, 1.165) is 0 Å². The summed E-state index contributed by atoms with van der Waals surface area (Å²) in [4.78, 5) is 27.2. The Bertz CT molecular complexity index is 831. The molecule has 2 heterocycles. The smallest absolute Gasteiger partial charge is 0.292 e. The van der Waals surface area contributed by atoms with E-state index in [9.17, 15) is 9.59 Å². The van der Waals surface area contributed by atoms with Crippen LogP contribution in [0.4, 0.5) is 11.4 Å². The van der Waals surface area contributed by atoms with Crippen LogP contribution in [0.3, 0.4) is 0 Å². The number of rotatable bonds is 4. The summed E-state index contributed by atoms with van der Waals surface area (Å²) < 4.78 is 6.73. The summed E-state index contributed by atoms with van der Waals surface area (Å²) in [5, 5.41) is 7.38. The number of amides is 1. The minimum atomic E-state index is -0.340. The van der Waals surface area contributed by atoms with Crippen LogP contribution in [0.2, 0.25) is 5.02 Å². The number of nitrogens with one attached hydrogen (secondary N) is 1. The predicted molar refractivity (Wildman–Crippen MR) is 96.6 cm³/mol. The molecule has 0 unspecified atom stereocenters. The highest BCUT2D eigenvalue weighted by Gasteiger charge is 2.21. The van der Waals surface area contributed by atoms with Crippen molar-refractivity contribution in [1.82, 2.24) is 9.78 Å². The lowest BCUT2D eigenvalue weighted by atomic mass is 10.2. The van der Waals surface area contributed by atoms with Gasteiger partial charge < -0.3 is 15.0 Å². The molecule has 0 radical (unpaired) electrons. The van der Waals surface area contributed by atoms with Crippen molar-refractivity contribution in [2.45, 2.75) is 13.5 Å². The number of hydrogen-bond donors (Lipinski definition) is 1. The van der Waals surface area contributed by atoms with Crippen LogP contribution in [0.25, 0.3) is 0 Å². The van der Waals surface area contributed by atoms with Crippen LogP contribution < -0.4 is 15.8 Å². The third kappa shape index (κ3) is 3.83. The first-order chi connectivity index (χ1) is 12.1. The van der Waals surface area contributed by atoms with Crippen molar-refractivity contribution in [1.29, 1.82) is 0 Å². The maximum Gasteiger partial charge on any atom is 0.292 e. The molecule has 1 saturated heterocycles. The van der Waals surface area contributed by atoms with Gasteiger partial charge in [-0.2, -0.15) is 5.10 Å². The minimum Gasteiger partial charge on any atom is -0.378 e. The van der Waals surface area contributed by atoms with Crippen LogP contribution in [0.1, 0.15) is 17.3 Å². The molecule has 0 saturated carbocycles. The number of aromatic nitrogens is 2. The summed E-state index contributed by atoms with van der Waals surface area (Å²) in [6.45, 7) is 4.55. The van der Waals surface area contributed by atoms with Crippen LogP contribution in [-0.4, -0.2) is 42.0 Å². The number of aryl methyl sites for hydroxylation is 1.